The first-order valence-corrected chi connectivity index (χ1v) is 13.8. The number of esters is 3. The van der Waals surface area contributed by atoms with E-state index in [1.165, 1.54) is 14.0 Å². The van der Waals surface area contributed by atoms with Gasteiger partial charge < -0.3 is 23.7 Å². The Morgan fingerprint density at radius 2 is 1.79 bits per heavy atom. The number of rotatable bonds is 5. The van der Waals surface area contributed by atoms with Crippen molar-refractivity contribution < 1.29 is 42.9 Å². The Morgan fingerprint density at radius 1 is 1.10 bits per heavy atom. The van der Waals surface area contributed by atoms with Crippen LogP contribution in [0.4, 0.5) is 0 Å². The number of hydrogen-bond acceptors (Lipinski definition) is 9. The number of ketones is 1. The maximum atomic E-state index is 13.2. The Hall–Kier alpha value is -2.52. The van der Waals surface area contributed by atoms with Crippen LogP contribution in [0.3, 0.4) is 0 Å². The highest BCUT2D eigenvalue weighted by atomic mass is 16.6. The van der Waals surface area contributed by atoms with E-state index in [1.54, 1.807) is 19.9 Å². The summed E-state index contributed by atoms with van der Waals surface area (Å²) < 4.78 is 30.6. The molecule has 3 aliphatic carbocycles. The molecule has 4 fully saturated rings. The van der Waals surface area contributed by atoms with Crippen LogP contribution in [0.2, 0.25) is 0 Å². The van der Waals surface area contributed by atoms with Gasteiger partial charge in [0.2, 0.25) is 0 Å². The molecular weight excluding hydrogens is 504 g/mol. The molecular formula is C30H40O9. The zero-order chi connectivity index (χ0) is 28.7. The fraction of sp³-hybridized carbons (Fsp3) is 0.733. The maximum absolute atomic E-state index is 13.2. The molecule has 0 N–H and O–H groups in total. The fourth-order valence-corrected chi connectivity index (χ4v) is 9.00. The molecule has 9 heteroatoms. The van der Waals surface area contributed by atoms with Crippen molar-refractivity contribution in [2.24, 2.45) is 28.1 Å². The van der Waals surface area contributed by atoms with Gasteiger partial charge in [-0.1, -0.05) is 26.8 Å². The van der Waals surface area contributed by atoms with Gasteiger partial charge in [-0.05, 0) is 37.8 Å². The first-order valence-electron chi connectivity index (χ1n) is 13.8. The average Bonchev–Trinajstić information content (AvgIpc) is 3.49. The van der Waals surface area contributed by atoms with Crippen LogP contribution in [0.25, 0.3) is 0 Å². The lowest BCUT2D eigenvalue weighted by molar-refractivity contribution is -0.251. The molecule has 214 valence electrons. The van der Waals surface area contributed by atoms with Crippen LogP contribution >= 0.6 is 0 Å². The molecule has 9 nitrogen and oxygen atoms in total. The molecule has 2 heterocycles. The molecule has 10 atom stereocenters. The van der Waals surface area contributed by atoms with Crippen LogP contribution in [-0.4, -0.2) is 67.9 Å². The summed E-state index contributed by atoms with van der Waals surface area (Å²) in [6, 6.07) is 0. The van der Waals surface area contributed by atoms with Crippen LogP contribution in [0.1, 0.15) is 67.7 Å². The molecule has 0 unspecified atom stereocenters. The zero-order valence-electron chi connectivity index (χ0n) is 24.1. The second-order valence-electron chi connectivity index (χ2n) is 12.7. The van der Waals surface area contributed by atoms with E-state index in [0.29, 0.717) is 17.8 Å². The molecule has 5 rings (SSSR count). The summed E-state index contributed by atoms with van der Waals surface area (Å²) in [5.74, 6) is -1.90. The number of carbonyl (C=O) groups is 4. The monoisotopic (exact) mass is 544 g/mol. The van der Waals surface area contributed by atoms with E-state index >= 15 is 0 Å². The minimum Gasteiger partial charge on any atom is -0.469 e. The number of ether oxygens (including phenoxy) is 5. The van der Waals surface area contributed by atoms with E-state index in [0.717, 1.165) is 5.57 Å². The Kier molecular flexibility index (Phi) is 6.66. The van der Waals surface area contributed by atoms with Crippen molar-refractivity contribution in [3.63, 3.8) is 0 Å². The van der Waals surface area contributed by atoms with Gasteiger partial charge in [-0.3, -0.25) is 14.4 Å². The van der Waals surface area contributed by atoms with Crippen LogP contribution in [0.15, 0.2) is 22.8 Å². The maximum Gasteiger partial charge on any atom is 0.333 e. The SMILES string of the molecule is CC=C(C)C(=O)O[C@H]1C[C@@H](OC(C)=O)[C@@]2(C)CO[C@H]3[C@H]4O[C@@H]5CC(=O)C(C)=C5[C@@]4(C)[C@H](CC(=O)OC)[C@]1(C)[C@@H]32. The van der Waals surface area contributed by atoms with E-state index in [2.05, 4.69) is 20.8 Å². The van der Waals surface area contributed by atoms with Crippen molar-refractivity contribution in [1.82, 2.24) is 0 Å². The van der Waals surface area contributed by atoms with E-state index < -0.39 is 58.5 Å². The molecule has 2 saturated heterocycles. The second kappa shape index (κ2) is 9.26. The number of Topliss-reactive ketones (excluding diaryl/α,β-unsaturated/α-hetero) is 1. The number of allylic oxidation sites excluding steroid dienone is 2. The lowest BCUT2D eigenvalue weighted by Crippen LogP contribution is -2.71. The van der Waals surface area contributed by atoms with Crippen LogP contribution in [-0.2, 0) is 42.9 Å². The molecule has 0 bridgehead atoms. The predicted molar refractivity (Wildman–Crippen MR) is 138 cm³/mol. The topological polar surface area (TPSA) is 114 Å². The third-order valence-electron chi connectivity index (χ3n) is 10.8. The number of hydrogen-bond donors (Lipinski definition) is 0. The van der Waals surface area contributed by atoms with E-state index in [-0.39, 0.29) is 43.0 Å². The van der Waals surface area contributed by atoms with Gasteiger partial charge >= 0.3 is 17.9 Å². The molecule has 5 aliphatic rings. The van der Waals surface area contributed by atoms with Gasteiger partial charge in [0.15, 0.2) is 5.78 Å². The Bertz CT molecular complexity index is 1180. The lowest BCUT2D eigenvalue weighted by atomic mass is 9.40. The molecule has 39 heavy (non-hydrogen) atoms. The molecule has 0 aromatic carbocycles. The standard InChI is InChI=1S/C30H40O9/c1-9-14(2)27(34)39-21-12-20(37-16(4)31)28(5)13-36-24-25(28)29(21,6)19(11-22(33)35-8)30(7)23-15(3)17(32)10-18(23)38-26(24)30/h9,18-21,24-26H,10-13H2,1-8H3/t18-,19-,20-,21+,24-,25+,26-,28-,29+,30-/m1/s1. The van der Waals surface area contributed by atoms with Crippen LogP contribution in [0, 0.1) is 28.1 Å². The number of methoxy groups -OCH3 is 1. The minimum atomic E-state index is -0.799. The van der Waals surface area contributed by atoms with E-state index in [1.807, 2.05) is 6.92 Å². The second-order valence-corrected chi connectivity index (χ2v) is 12.7. The average molecular weight is 545 g/mol. The van der Waals surface area contributed by atoms with Gasteiger partial charge in [-0.25, -0.2) is 4.79 Å². The highest BCUT2D eigenvalue weighted by molar-refractivity contribution is 5.99. The molecule has 0 spiro atoms. The van der Waals surface area contributed by atoms with Gasteiger partial charge in [0, 0.05) is 53.9 Å². The molecule has 2 saturated carbocycles. The third-order valence-corrected chi connectivity index (χ3v) is 10.8. The highest BCUT2D eigenvalue weighted by Crippen LogP contribution is 2.73. The molecule has 2 aliphatic heterocycles. The van der Waals surface area contributed by atoms with Crippen molar-refractivity contribution in [1.29, 1.82) is 0 Å². The van der Waals surface area contributed by atoms with E-state index in [4.69, 9.17) is 23.7 Å². The summed E-state index contributed by atoms with van der Waals surface area (Å²) in [6.45, 7) is 13.2. The summed E-state index contributed by atoms with van der Waals surface area (Å²) >= 11 is 0. The number of carbonyl (C=O) groups excluding carboxylic acids is 4. The van der Waals surface area contributed by atoms with Gasteiger partial charge in [0.1, 0.15) is 12.2 Å². The number of fused-ring (bicyclic) bond motifs is 4. The first kappa shape index (κ1) is 28.0. The third kappa shape index (κ3) is 3.71. The van der Waals surface area contributed by atoms with Gasteiger partial charge in [0.25, 0.3) is 0 Å². The Balaban J connectivity index is 1.73. The summed E-state index contributed by atoms with van der Waals surface area (Å²) in [5.41, 5.74) is -0.101. The molecule has 0 aromatic rings. The van der Waals surface area contributed by atoms with Crippen LogP contribution in [0.5, 0.6) is 0 Å². The normalized spacial score (nSPS) is 44.5. The van der Waals surface area contributed by atoms with Gasteiger partial charge in [0.05, 0.1) is 32.0 Å². The van der Waals surface area contributed by atoms with Crippen LogP contribution < -0.4 is 0 Å². The summed E-state index contributed by atoms with van der Waals surface area (Å²) in [5, 5.41) is 0. The van der Waals surface area contributed by atoms with Crippen molar-refractivity contribution in [3.8, 4) is 0 Å². The highest BCUT2D eigenvalue weighted by Gasteiger charge is 2.78. The van der Waals surface area contributed by atoms with Gasteiger partial charge in [-0.15, -0.1) is 0 Å². The van der Waals surface area contributed by atoms with Crippen molar-refractivity contribution in [3.05, 3.63) is 22.8 Å². The zero-order valence-corrected chi connectivity index (χ0v) is 24.1. The van der Waals surface area contributed by atoms with Crippen molar-refractivity contribution >= 4 is 23.7 Å². The van der Waals surface area contributed by atoms with Crippen molar-refractivity contribution in [2.75, 3.05) is 13.7 Å². The van der Waals surface area contributed by atoms with Gasteiger partial charge in [-0.2, -0.15) is 0 Å². The smallest absolute Gasteiger partial charge is 0.333 e. The fourth-order valence-electron chi connectivity index (χ4n) is 9.00. The summed E-state index contributed by atoms with van der Waals surface area (Å²) in [6.07, 6.45) is -0.218. The van der Waals surface area contributed by atoms with E-state index in [9.17, 15) is 19.2 Å². The lowest BCUT2D eigenvalue weighted by Gasteiger charge is -2.65. The summed E-state index contributed by atoms with van der Waals surface area (Å²) in [7, 11) is 1.36. The predicted octanol–water partition coefficient (Wildman–Crippen LogP) is 3.48. The molecule has 0 amide bonds. The minimum absolute atomic E-state index is 0.0428. The molecule has 0 aromatic heterocycles. The quantitative estimate of drug-likeness (QED) is 0.291. The first-order chi connectivity index (χ1) is 18.2. The van der Waals surface area contributed by atoms with Crippen molar-refractivity contribution in [2.45, 2.75) is 98.2 Å². The Labute approximate surface area is 229 Å². The summed E-state index contributed by atoms with van der Waals surface area (Å²) in [4.78, 5) is 51.3. The Morgan fingerprint density at radius 3 is 2.41 bits per heavy atom. The molecule has 0 radical (unpaired) electrons. The largest absolute Gasteiger partial charge is 0.469 e.